The first kappa shape index (κ1) is 12.6. The molecule has 18 heavy (non-hydrogen) atoms. The average Bonchev–Trinajstić information content (AvgIpc) is 2.50. The monoisotopic (exact) mass is 247 g/mol. The summed E-state index contributed by atoms with van der Waals surface area (Å²) in [7, 11) is 0. The Morgan fingerprint density at radius 1 is 1.28 bits per heavy atom. The van der Waals surface area contributed by atoms with Gasteiger partial charge in [-0.25, -0.2) is 9.69 Å². The number of hydrogen-bond donors (Lipinski definition) is 0. The van der Waals surface area contributed by atoms with Gasteiger partial charge in [0, 0.05) is 0 Å². The van der Waals surface area contributed by atoms with E-state index in [1.807, 2.05) is 18.2 Å². The van der Waals surface area contributed by atoms with Crippen molar-refractivity contribution in [1.29, 1.82) is 0 Å². The second-order valence-electron chi connectivity index (χ2n) is 5.43. The standard InChI is InChI=1S/C14H17NO3/c1-9-10-7-5-6-8-11(10)15(12(9)16)13(17)18-14(2,3)4/h5-9H,1-4H3/t9-/m0/s1. The fourth-order valence-corrected chi connectivity index (χ4v) is 2.00. The molecule has 0 radical (unpaired) electrons. The van der Waals surface area contributed by atoms with Crippen LogP contribution in [0.15, 0.2) is 24.3 Å². The van der Waals surface area contributed by atoms with E-state index in [2.05, 4.69) is 0 Å². The molecule has 2 amide bonds. The minimum atomic E-state index is -0.613. The van der Waals surface area contributed by atoms with Crippen molar-refractivity contribution in [3.63, 3.8) is 0 Å². The van der Waals surface area contributed by atoms with Crippen molar-refractivity contribution in [2.45, 2.75) is 39.2 Å². The van der Waals surface area contributed by atoms with E-state index in [1.165, 1.54) is 0 Å². The molecule has 0 bridgehead atoms. The Kier molecular flexibility index (Phi) is 2.89. The number of para-hydroxylation sites is 1. The number of amides is 2. The summed E-state index contributed by atoms with van der Waals surface area (Å²) in [5, 5.41) is 0. The molecule has 1 heterocycles. The highest BCUT2D eigenvalue weighted by atomic mass is 16.6. The maximum atomic E-state index is 12.1. The number of benzene rings is 1. The van der Waals surface area contributed by atoms with E-state index >= 15 is 0 Å². The smallest absolute Gasteiger partial charge is 0.421 e. The predicted octanol–water partition coefficient (Wildman–Crippen LogP) is 3.07. The molecule has 0 unspecified atom stereocenters. The van der Waals surface area contributed by atoms with Gasteiger partial charge in [0.05, 0.1) is 11.6 Å². The molecular formula is C14H17NO3. The van der Waals surface area contributed by atoms with Crippen molar-refractivity contribution in [3.8, 4) is 0 Å². The number of imide groups is 1. The van der Waals surface area contributed by atoms with Gasteiger partial charge in [0.1, 0.15) is 5.60 Å². The van der Waals surface area contributed by atoms with Gasteiger partial charge < -0.3 is 4.74 Å². The zero-order chi connectivity index (χ0) is 13.5. The first-order valence-electron chi connectivity index (χ1n) is 5.97. The first-order valence-corrected chi connectivity index (χ1v) is 5.97. The molecule has 0 fully saturated rings. The second-order valence-corrected chi connectivity index (χ2v) is 5.43. The van der Waals surface area contributed by atoms with Crippen molar-refractivity contribution in [2.24, 2.45) is 0 Å². The van der Waals surface area contributed by atoms with Gasteiger partial charge in [-0.05, 0) is 39.3 Å². The molecule has 96 valence electrons. The fourth-order valence-electron chi connectivity index (χ4n) is 2.00. The molecule has 4 nitrogen and oxygen atoms in total. The molecule has 2 rings (SSSR count). The van der Waals surface area contributed by atoms with E-state index in [0.29, 0.717) is 5.69 Å². The fraction of sp³-hybridized carbons (Fsp3) is 0.429. The van der Waals surface area contributed by atoms with Crippen LogP contribution in [0.1, 0.15) is 39.2 Å². The topological polar surface area (TPSA) is 46.6 Å². The Labute approximate surface area is 107 Å². The molecule has 0 saturated carbocycles. The van der Waals surface area contributed by atoms with Crippen LogP contribution >= 0.6 is 0 Å². The van der Waals surface area contributed by atoms with E-state index in [4.69, 9.17) is 4.74 Å². The van der Waals surface area contributed by atoms with E-state index < -0.39 is 11.7 Å². The molecular weight excluding hydrogens is 230 g/mol. The van der Waals surface area contributed by atoms with Crippen LogP contribution in [-0.4, -0.2) is 17.6 Å². The highest BCUT2D eigenvalue weighted by molar-refractivity contribution is 6.19. The van der Waals surface area contributed by atoms with Crippen molar-refractivity contribution in [1.82, 2.24) is 0 Å². The van der Waals surface area contributed by atoms with Crippen LogP contribution < -0.4 is 4.90 Å². The average molecular weight is 247 g/mol. The van der Waals surface area contributed by atoms with Crippen LogP contribution in [0.2, 0.25) is 0 Å². The largest absolute Gasteiger partial charge is 0.443 e. The van der Waals surface area contributed by atoms with Gasteiger partial charge in [-0.2, -0.15) is 0 Å². The number of anilines is 1. The molecule has 0 spiro atoms. The number of carbonyl (C=O) groups is 2. The predicted molar refractivity (Wildman–Crippen MR) is 68.6 cm³/mol. The molecule has 0 aliphatic carbocycles. The Morgan fingerprint density at radius 2 is 1.89 bits per heavy atom. The first-order chi connectivity index (χ1) is 8.31. The van der Waals surface area contributed by atoms with Crippen molar-refractivity contribution < 1.29 is 14.3 Å². The van der Waals surface area contributed by atoms with E-state index in [9.17, 15) is 9.59 Å². The lowest BCUT2D eigenvalue weighted by Crippen LogP contribution is -2.39. The van der Waals surface area contributed by atoms with Gasteiger partial charge in [0.2, 0.25) is 5.91 Å². The highest BCUT2D eigenvalue weighted by Crippen LogP contribution is 2.37. The molecule has 1 aliphatic rings. The summed E-state index contributed by atoms with van der Waals surface area (Å²) in [5.41, 5.74) is 0.885. The number of hydrogen-bond acceptors (Lipinski definition) is 3. The van der Waals surface area contributed by atoms with Gasteiger partial charge in [0.25, 0.3) is 0 Å². The maximum absolute atomic E-state index is 12.1. The molecule has 1 aromatic rings. The zero-order valence-corrected chi connectivity index (χ0v) is 11.1. The van der Waals surface area contributed by atoms with Gasteiger partial charge >= 0.3 is 6.09 Å². The van der Waals surface area contributed by atoms with Crippen LogP contribution in [-0.2, 0) is 9.53 Å². The Morgan fingerprint density at radius 3 is 2.50 bits per heavy atom. The summed E-state index contributed by atoms with van der Waals surface area (Å²) >= 11 is 0. The minimum Gasteiger partial charge on any atom is -0.443 e. The third kappa shape index (κ3) is 2.10. The zero-order valence-electron chi connectivity index (χ0n) is 11.1. The molecule has 1 atom stereocenters. The SMILES string of the molecule is C[C@@H]1C(=O)N(C(=O)OC(C)(C)C)c2ccccc21. The Bertz CT molecular complexity index is 502. The number of rotatable bonds is 0. The highest BCUT2D eigenvalue weighted by Gasteiger charge is 2.39. The number of fused-ring (bicyclic) bond motifs is 1. The van der Waals surface area contributed by atoms with Gasteiger partial charge in [-0.3, -0.25) is 4.79 Å². The molecule has 0 N–H and O–H groups in total. The molecule has 0 aromatic heterocycles. The summed E-state index contributed by atoms with van der Waals surface area (Å²) in [6.07, 6.45) is -0.607. The van der Waals surface area contributed by atoms with E-state index in [-0.39, 0.29) is 11.8 Å². The number of nitrogens with zero attached hydrogens (tertiary/aromatic N) is 1. The lowest BCUT2D eigenvalue weighted by atomic mass is 10.0. The molecule has 1 aromatic carbocycles. The third-order valence-electron chi connectivity index (χ3n) is 2.81. The van der Waals surface area contributed by atoms with Crippen LogP contribution in [0.4, 0.5) is 10.5 Å². The van der Waals surface area contributed by atoms with Crippen LogP contribution in [0.3, 0.4) is 0 Å². The lowest BCUT2D eigenvalue weighted by Gasteiger charge is -2.23. The van der Waals surface area contributed by atoms with Gasteiger partial charge in [0.15, 0.2) is 0 Å². The summed E-state index contributed by atoms with van der Waals surface area (Å²) < 4.78 is 5.26. The summed E-state index contributed by atoms with van der Waals surface area (Å²) in [5.74, 6) is -0.529. The summed E-state index contributed by atoms with van der Waals surface area (Å²) in [6.45, 7) is 7.13. The summed E-state index contributed by atoms with van der Waals surface area (Å²) in [6, 6.07) is 7.30. The van der Waals surface area contributed by atoms with Crippen LogP contribution in [0.25, 0.3) is 0 Å². The molecule has 4 heteroatoms. The minimum absolute atomic E-state index is 0.231. The van der Waals surface area contributed by atoms with E-state index in [1.54, 1.807) is 33.8 Å². The van der Waals surface area contributed by atoms with Crippen LogP contribution in [0.5, 0.6) is 0 Å². The quantitative estimate of drug-likeness (QED) is 0.707. The van der Waals surface area contributed by atoms with Crippen molar-refractivity contribution >= 4 is 17.7 Å². The Hall–Kier alpha value is -1.84. The lowest BCUT2D eigenvalue weighted by molar-refractivity contribution is -0.118. The third-order valence-corrected chi connectivity index (χ3v) is 2.81. The van der Waals surface area contributed by atoms with Crippen molar-refractivity contribution in [3.05, 3.63) is 29.8 Å². The van der Waals surface area contributed by atoms with E-state index in [0.717, 1.165) is 10.5 Å². The normalized spacial score (nSPS) is 18.8. The van der Waals surface area contributed by atoms with Crippen LogP contribution in [0, 0.1) is 0 Å². The summed E-state index contributed by atoms with van der Waals surface area (Å²) in [4.78, 5) is 25.3. The number of carbonyl (C=O) groups excluding carboxylic acids is 2. The van der Waals surface area contributed by atoms with Crippen molar-refractivity contribution in [2.75, 3.05) is 4.90 Å². The molecule has 1 aliphatic heterocycles. The second kappa shape index (κ2) is 4.12. The van der Waals surface area contributed by atoms with Gasteiger partial charge in [-0.15, -0.1) is 0 Å². The maximum Gasteiger partial charge on any atom is 0.421 e. The van der Waals surface area contributed by atoms with Gasteiger partial charge in [-0.1, -0.05) is 18.2 Å². The number of ether oxygens (including phenoxy) is 1. The Balaban J connectivity index is 2.35. The molecule has 0 saturated heterocycles.